The molecule has 0 rings (SSSR count). The molecule has 90 valence electrons. The zero-order chi connectivity index (χ0) is 11.7. The smallest absolute Gasteiger partial charge is 0.383 e. The summed E-state index contributed by atoms with van der Waals surface area (Å²) in [5, 5.41) is 2.39. The number of alkyl halides is 3. The molecule has 0 aromatic heterocycles. The van der Waals surface area contributed by atoms with Crippen molar-refractivity contribution in [3.63, 3.8) is 0 Å². The van der Waals surface area contributed by atoms with Gasteiger partial charge in [0.15, 0.2) is 6.61 Å². The van der Waals surface area contributed by atoms with Gasteiger partial charge in [0.1, 0.15) is 0 Å². The van der Waals surface area contributed by atoms with E-state index in [-0.39, 0.29) is 6.54 Å². The van der Waals surface area contributed by atoms with Crippen molar-refractivity contribution in [1.82, 2.24) is 10.8 Å². The lowest BCUT2D eigenvalue weighted by Crippen LogP contribution is -2.37. The molecule has 0 aliphatic rings. The van der Waals surface area contributed by atoms with Gasteiger partial charge in [-0.1, -0.05) is 0 Å². The third-order valence-electron chi connectivity index (χ3n) is 1.20. The van der Waals surface area contributed by atoms with Crippen molar-refractivity contribution in [2.75, 3.05) is 33.4 Å². The molecule has 0 fully saturated rings. The average Bonchev–Trinajstić information content (AvgIpc) is 2.11. The number of carbonyl (C=O) groups is 1. The molecule has 0 unspecified atom stereocenters. The molecule has 0 atom stereocenters. The number of ether oxygens (including phenoxy) is 1. The second kappa shape index (κ2) is 7.43. The predicted octanol–water partition coefficient (Wildman–Crippen LogP) is -0.168. The topological polar surface area (TPSA) is 59.6 Å². The van der Waals surface area contributed by atoms with E-state index in [1.807, 2.05) is 5.48 Å². The summed E-state index contributed by atoms with van der Waals surface area (Å²) in [6.07, 6.45) is -4.40. The Morgan fingerprint density at radius 3 is 2.60 bits per heavy atom. The Morgan fingerprint density at radius 1 is 1.40 bits per heavy atom. The van der Waals surface area contributed by atoms with Gasteiger partial charge in [-0.05, 0) is 0 Å². The first-order valence-corrected chi connectivity index (χ1v) is 4.13. The van der Waals surface area contributed by atoms with Gasteiger partial charge in [-0.2, -0.15) is 18.7 Å². The fourth-order valence-electron chi connectivity index (χ4n) is 0.604. The van der Waals surface area contributed by atoms with Crippen LogP contribution in [0.4, 0.5) is 13.2 Å². The van der Waals surface area contributed by atoms with Gasteiger partial charge in [0.05, 0.1) is 13.2 Å². The van der Waals surface area contributed by atoms with E-state index in [4.69, 9.17) is 0 Å². The molecule has 0 saturated heterocycles. The van der Waals surface area contributed by atoms with Crippen LogP contribution in [0.3, 0.4) is 0 Å². The Labute approximate surface area is 84.9 Å². The van der Waals surface area contributed by atoms with Gasteiger partial charge in [-0.3, -0.25) is 9.63 Å². The molecular formula is C7H13F3N2O3. The lowest BCUT2D eigenvalue weighted by molar-refractivity contribution is -0.189. The van der Waals surface area contributed by atoms with E-state index >= 15 is 0 Å². The van der Waals surface area contributed by atoms with Crippen molar-refractivity contribution in [2.24, 2.45) is 0 Å². The summed E-state index contributed by atoms with van der Waals surface area (Å²) in [5.41, 5.74) is 1.90. The van der Waals surface area contributed by atoms with Crippen LogP contribution < -0.4 is 10.8 Å². The quantitative estimate of drug-likeness (QED) is 0.471. The SMILES string of the molecule is COCCNC(=O)CNOCC(F)(F)F. The Morgan fingerprint density at radius 2 is 2.07 bits per heavy atom. The lowest BCUT2D eigenvalue weighted by atomic mass is 10.5. The van der Waals surface area contributed by atoms with Gasteiger partial charge in [-0.15, -0.1) is 0 Å². The van der Waals surface area contributed by atoms with Crippen LogP contribution in [-0.2, 0) is 14.4 Å². The number of rotatable bonds is 7. The number of amides is 1. The molecule has 0 spiro atoms. The maximum atomic E-state index is 11.5. The molecule has 0 aliphatic carbocycles. The van der Waals surface area contributed by atoms with Crippen LogP contribution in [0.1, 0.15) is 0 Å². The van der Waals surface area contributed by atoms with Crippen molar-refractivity contribution in [2.45, 2.75) is 6.18 Å². The zero-order valence-corrected chi connectivity index (χ0v) is 8.19. The number of halogens is 3. The van der Waals surface area contributed by atoms with Crippen LogP contribution >= 0.6 is 0 Å². The number of nitrogens with one attached hydrogen (secondary N) is 2. The highest BCUT2D eigenvalue weighted by Crippen LogP contribution is 2.13. The first-order valence-electron chi connectivity index (χ1n) is 4.13. The van der Waals surface area contributed by atoms with Gasteiger partial charge in [0.2, 0.25) is 5.91 Å². The summed E-state index contributed by atoms with van der Waals surface area (Å²) < 4.78 is 39.3. The van der Waals surface area contributed by atoms with E-state index in [9.17, 15) is 18.0 Å². The van der Waals surface area contributed by atoms with Gasteiger partial charge in [0.25, 0.3) is 0 Å². The van der Waals surface area contributed by atoms with Crippen LogP contribution in [0, 0.1) is 0 Å². The van der Waals surface area contributed by atoms with Gasteiger partial charge >= 0.3 is 6.18 Å². The van der Waals surface area contributed by atoms with E-state index in [1.54, 1.807) is 0 Å². The number of hydrogen-bond acceptors (Lipinski definition) is 4. The van der Waals surface area contributed by atoms with Crippen molar-refractivity contribution in [3.8, 4) is 0 Å². The van der Waals surface area contributed by atoms with Gasteiger partial charge in [0, 0.05) is 13.7 Å². The maximum Gasteiger partial charge on any atom is 0.413 e. The van der Waals surface area contributed by atoms with Crippen LogP contribution in [-0.4, -0.2) is 45.5 Å². The van der Waals surface area contributed by atoms with Crippen molar-refractivity contribution in [1.29, 1.82) is 0 Å². The number of hydroxylamine groups is 1. The highest BCUT2D eigenvalue weighted by Gasteiger charge is 2.27. The van der Waals surface area contributed by atoms with Gasteiger partial charge in [-0.25, -0.2) is 0 Å². The molecule has 8 heteroatoms. The third-order valence-corrected chi connectivity index (χ3v) is 1.20. The fourth-order valence-corrected chi connectivity index (χ4v) is 0.604. The molecule has 0 aromatic carbocycles. The molecule has 0 aromatic rings. The molecule has 0 aliphatic heterocycles. The molecule has 0 heterocycles. The van der Waals surface area contributed by atoms with E-state index in [0.29, 0.717) is 13.2 Å². The highest BCUT2D eigenvalue weighted by molar-refractivity contribution is 5.77. The molecule has 1 amide bonds. The molecule has 2 N–H and O–H groups in total. The Bertz CT molecular complexity index is 187. The normalized spacial score (nSPS) is 11.5. The monoisotopic (exact) mass is 230 g/mol. The summed E-state index contributed by atoms with van der Waals surface area (Å²) in [6, 6.07) is 0. The predicted molar refractivity (Wildman–Crippen MR) is 44.9 cm³/mol. The summed E-state index contributed by atoms with van der Waals surface area (Å²) in [7, 11) is 1.47. The summed E-state index contributed by atoms with van der Waals surface area (Å²) in [6.45, 7) is -1.12. The van der Waals surface area contributed by atoms with Gasteiger partial charge < -0.3 is 10.1 Å². The Hall–Kier alpha value is -0.860. The van der Waals surface area contributed by atoms with Crippen molar-refractivity contribution >= 4 is 5.91 Å². The average molecular weight is 230 g/mol. The molecule has 15 heavy (non-hydrogen) atoms. The minimum Gasteiger partial charge on any atom is -0.383 e. The summed E-state index contributed by atoms with van der Waals surface area (Å²) in [4.78, 5) is 14.9. The number of carbonyl (C=O) groups excluding carboxylic acids is 1. The number of hydrogen-bond donors (Lipinski definition) is 2. The van der Waals surface area contributed by atoms with Crippen LogP contribution in [0.15, 0.2) is 0 Å². The van der Waals surface area contributed by atoms with E-state index in [2.05, 4.69) is 14.9 Å². The second-order valence-electron chi connectivity index (χ2n) is 2.57. The minimum absolute atomic E-state index is 0.302. The highest BCUT2D eigenvalue weighted by atomic mass is 19.4. The van der Waals surface area contributed by atoms with Crippen molar-refractivity contribution < 1.29 is 27.5 Å². The number of methoxy groups -OCH3 is 1. The Kier molecular flexibility index (Phi) is 7.01. The van der Waals surface area contributed by atoms with E-state index in [1.165, 1.54) is 7.11 Å². The van der Waals surface area contributed by atoms with E-state index in [0.717, 1.165) is 0 Å². The molecule has 0 saturated carbocycles. The largest absolute Gasteiger partial charge is 0.413 e. The first-order chi connectivity index (χ1) is 6.95. The molecule has 5 nitrogen and oxygen atoms in total. The summed E-state index contributed by atoms with van der Waals surface area (Å²) in [5.74, 6) is -0.464. The lowest BCUT2D eigenvalue weighted by Gasteiger charge is -2.08. The molecular weight excluding hydrogens is 217 g/mol. The summed E-state index contributed by atoms with van der Waals surface area (Å²) >= 11 is 0. The van der Waals surface area contributed by atoms with E-state index < -0.39 is 18.7 Å². The standard InChI is InChI=1S/C7H13F3N2O3/c1-14-3-2-11-6(13)4-12-15-5-7(8,9)10/h12H,2-5H2,1H3,(H,11,13). The zero-order valence-electron chi connectivity index (χ0n) is 8.19. The second-order valence-corrected chi connectivity index (χ2v) is 2.57. The van der Waals surface area contributed by atoms with Crippen LogP contribution in [0.5, 0.6) is 0 Å². The Balaban J connectivity index is 3.32. The fraction of sp³-hybridized carbons (Fsp3) is 0.857. The molecule has 0 bridgehead atoms. The molecule has 0 radical (unpaired) electrons. The minimum atomic E-state index is -4.40. The first kappa shape index (κ1) is 14.1. The van der Waals surface area contributed by atoms with Crippen molar-refractivity contribution in [3.05, 3.63) is 0 Å². The van der Waals surface area contributed by atoms with Crippen LogP contribution in [0.25, 0.3) is 0 Å². The third kappa shape index (κ3) is 11.1. The van der Waals surface area contributed by atoms with Crippen LogP contribution in [0.2, 0.25) is 0 Å². The maximum absolute atomic E-state index is 11.5.